The van der Waals surface area contributed by atoms with Crippen LogP contribution in [0.4, 0.5) is 0 Å². The van der Waals surface area contributed by atoms with Crippen molar-refractivity contribution in [2.75, 3.05) is 13.2 Å². The molecule has 2 heteroatoms. The van der Waals surface area contributed by atoms with Crippen molar-refractivity contribution in [3.63, 3.8) is 0 Å². The Morgan fingerprint density at radius 2 is 1.42 bits per heavy atom. The lowest BCUT2D eigenvalue weighted by Gasteiger charge is -2.26. The maximum absolute atomic E-state index is 5.62. The molecule has 0 N–H and O–H groups in total. The van der Waals surface area contributed by atoms with Gasteiger partial charge in [-0.2, -0.15) is 0 Å². The van der Waals surface area contributed by atoms with Crippen molar-refractivity contribution in [2.24, 2.45) is 4.99 Å². The van der Waals surface area contributed by atoms with E-state index in [0.717, 1.165) is 18.0 Å². The van der Waals surface area contributed by atoms with Crippen LogP contribution in [-0.2, 0) is 15.6 Å². The summed E-state index contributed by atoms with van der Waals surface area (Å²) >= 11 is 0. The van der Waals surface area contributed by atoms with Gasteiger partial charge >= 0.3 is 0 Å². The van der Waals surface area contributed by atoms with Crippen LogP contribution < -0.4 is 0 Å². The smallest absolute Gasteiger partial charge is 0.216 e. The summed E-state index contributed by atoms with van der Waals surface area (Å²) in [6.45, 7) is 15.0. The molecule has 104 valence electrons. The lowest BCUT2D eigenvalue weighted by Crippen LogP contribution is -2.18. The van der Waals surface area contributed by atoms with E-state index in [2.05, 4.69) is 64.7 Å². The standard InChI is InChI=1S/C17H25NO/c1-16(2,3)13-9-12(15-18-7-8-19-15)10-14(11-13)17(4,5)6/h9-11H,7-8H2,1-6H3. The summed E-state index contributed by atoms with van der Waals surface area (Å²) in [5, 5.41) is 0. The average Bonchev–Trinajstić information content (AvgIpc) is 2.79. The molecule has 0 radical (unpaired) electrons. The van der Waals surface area contributed by atoms with Crippen molar-refractivity contribution >= 4 is 5.90 Å². The number of nitrogens with zero attached hydrogens (tertiary/aromatic N) is 1. The Labute approximate surface area is 116 Å². The molecule has 1 aliphatic rings. The molecule has 0 saturated heterocycles. The van der Waals surface area contributed by atoms with Crippen LogP contribution in [-0.4, -0.2) is 19.0 Å². The van der Waals surface area contributed by atoms with E-state index in [9.17, 15) is 0 Å². The molecule has 0 amide bonds. The normalized spacial score (nSPS) is 16.2. The van der Waals surface area contributed by atoms with Gasteiger partial charge in [-0.15, -0.1) is 0 Å². The Morgan fingerprint density at radius 1 is 0.895 bits per heavy atom. The van der Waals surface area contributed by atoms with Crippen LogP contribution >= 0.6 is 0 Å². The predicted octanol–water partition coefficient (Wildman–Crippen LogP) is 4.06. The quantitative estimate of drug-likeness (QED) is 0.745. The molecule has 0 spiro atoms. The minimum absolute atomic E-state index is 0.134. The maximum atomic E-state index is 5.62. The third-order valence-electron chi connectivity index (χ3n) is 3.50. The topological polar surface area (TPSA) is 21.6 Å². The predicted molar refractivity (Wildman–Crippen MR) is 81.2 cm³/mol. The SMILES string of the molecule is CC(C)(C)c1cc(C2=NCCO2)cc(C(C)(C)C)c1. The third kappa shape index (κ3) is 3.17. The van der Waals surface area contributed by atoms with Gasteiger partial charge in [0.2, 0.25) is 5.90 Å². The largest absolute Gasteiger partial charge is 0.476 e. The van der Waals surface area contributed by atoms with Gasteiger partial charge in [-0.1, -0.05) is 47.6 Å². The van der Waals surface area contributed by atoms with Gasteiger partial charge in [0, 0.05) is 5.56 Å². The molecule has 0 aromatic heterocycles. The van der Waals surface area contributed by atoms with E-state index < -0.39 is 0 Å². The number of benzene rings is 1. The van der Waals surface area contributed by atoms with Crippen LogP contribution in [0, 0.1) is 0 Å². The molecule has 0 bridgehead atoms. The van der Waals surface area contributed by atoms with Crippen molar-refractivity contribution < 1.29 is 4.74 Å². The van der Waals surface area contributed by atoms with Gasteiger partial charge in [-0.25, -0.2) is 4.99 Å². The molecule has 1 aromatic carbocycles. The Kier molecular flexibility index (Phi) is 3.46. The number of hydrogen-bond donors (Lipinski definition) is 0. The van der Waals surface area contributed by atoms with Gasteiger partial charge in [-0.3, -0.25) is 0 Å². The first kappa shape index (κ1) is 14.1. The summed E-state index contributed by atoms with van der Waals surface area (Å²) in [4.78, 5) is 4.45. The van der Waals surface area contributed by atoms with Crippen molar-refractivity contribution in [1.82, 2.24) is 0 Å². The van der Waals surface area contributed by atoms with Gasteiger partial charge in [0.15, 0.2) is 0 Å². The van der Waals surface area contributed by atoms with Crippen LogP contribution in [0.15, 0.2) is 23.2 Å². The number of hydrogen-bond acceptors (Lipinski definition) is 2. The first-order valence-electron chi connectivity index (χ1n) is 7.01. The van der Waals surface area contributed by atoms with Gasteiger partial charge in [0.25, 0.3) is 0 Å². The first-order chi connectivity index (χ1) is 8.68. The molecule has 0 aliphatic carbocycles. The number of aliphatic imine (C=N–C) groups is 1. The zero-order chi connectivity index (χ0) is 14.3. The van der Waals surface area contributed by atoms with Crippen LogP contribution in [0.5, 0.6) is 0 Å². The van der Waals surface area contributed by atoms with Crippen molar-refractivity contribution in [3.8, 4) is 0 Å². The third-order valence-corrected chi connectivity index (χ3v) is 3.50. The average molecular weight is 259 g/mol. The van der Waals surface area contributed by atoms with Crippen LogP contribution in [0.3, 0.4) is 0 Å². The van der Waals surface area contributed by atoms with E-state index in [1.807, 2.05) is 0 Å². The highest BCUT2D eigenvalue weighted by atomic mass is 16.5. The zero-order valence-corrected chi connectivity index (χ0v) is 13.0. The van der Waals surface area contributed by atoms with E-state index in [-0.39, 0.29) is 10.8 Å². The molecule has 2 rings (SSSR count). The molecule has 2 nitrogen and oxygen atoms in total. The second kappa shape index (κ2) is 4.66. The van der Waals surface area contributed by atoms with Crippen LogP contribution in [0.1, 0.15) is 58.2 Å². The lowest BCUT2D eigenvalue weighted by atomic mass is 9.79. The summed E-state index contributed by atoms with van der Waals surface area (Å²) in [5.74, 6) is 0.802. The fraction of sp³-hybridized carbons (Fsp3) is 0.588. The number of ether oxygens (including phenoxy) is 1. The minimum Gasteiger partial charge on any atom is -0.476 e. The van der Waals surface area contributed by atoms with Crippen molar-refractivity contribution in [3.05, 3.63) is 34.9 Å². The molecular formula is C17H25NO. The highest BCUT2D eigenvalue weighted by molar-refractivity contribution is 5.95. The van der Waals surface area contributed by atoms with Crippen LogP contribution in [0.2, 0.25) is 0 Å². The van der Waals surface area contributed by atoms with E-state index in [1.165, 1.54) is 11.1 Å². The summed E-state index contributed by atoms with van der Waals surface area (Å²) < 4.78 is 5.62. The maximum Gasteiger partial charge on any atom is 0.216 e. The Bertz CT molecular complexity index is 469. The monoisotopic (exact) mass is 259 g/mol. The molecule has 1 heterocycles. The van der Waals surface area contributed by atoms with Gasteiger partial charge in [-0.05, 0) is 34.1 Å². The molecule has 0 fully saturated rings. The first-order valence-corrected chi connectivity index (χ1v) is 7.01. The van der Waals surface area contributed by atoms with Crippen molar-refractivity contribution in [1.29, 1.82) is 0 Å². The van der Waals surface area contributed by atoms with Gasteiger partial charge < -0.3 is 4.74 Å². The molecular weight excluding hydrogens is 234 g/mol. The molecule has 0 unspecified atom stereocenters. The molecule has 1 aliphatic heterocycles. The van der Waals surface area contributed by atoms with E-state index in [4.69, 9.17) is 4.74 Å². The van der Waals surface area contributed by atoms with Crippen LogP contribution in [0.25, 0.3) is 0 Å². The van der Waals surface area contributed by atoms with E-state index in [0.29, 0.717) is 6.61 Å². The summed E-state index contributed by atoms with van der Waals surface area (Å²) in [6, 6.07) is 6.76. The Balaban J connectivity index is 2.55. The van der Waals surface area contributed by atoms with Gasteiger partial charge in [0.05, 0.1) is 6.54 Å². The summed E-state index contributed by atoms with van der Waals surface area (Å²) in [6.07, 6.45) is 0. The zero-order valence-electron chi connectivity index (χ0n) is 13.0. The Hall–Kier alpha value is -1.31. The highest BCUT2D eigenvalue weighted by Gasteiger charge is 2.22. The van der Waals surface area contributed by atoms with E-state index >= 15 is 0 Å². The Morgan fingerprint density at radius 3 is 1.79 bits per heavy atom. The molecule has 19 heavy (non-hydrogen) atoms. The molecule has 1 aromatic rings. The summed E-state index contributed by atoms with van der Waals surface area (Å²) in [7, 11) is 0. The molecule has 0 saturated carbocycles. The second-order valence-corrected chi connectivity index (χ2v) is 7.33. The fourth-order valence-corrected chi connectivity index (χ4v) is 2.13. The fourth-order valence-electron chi connectivity index (χ4n) is 2.13. The second-order valence-electron chi connectivity index (χ2n) is 7.33. The number of rotatable bonds is 1. The highest BCUT2D eigenvalue weighted by Crippen LogP contribution is 2.30. The van der Waals surface area contributed by atoms with Crippen molar-refractivity contribution in [2.45, 2.75) is 52.4 Å². The lowest BCUT2D eigenvalue weighted by molar-refractivity contribution is 0.348. The van der Waals surface area contributed by atoms with Gasteiger partial charge in [0.1, 0.15) is 6.61 Å². The summed E-state index contributed by atoms with van der Waals surface area (Å²) in [5.41, 5.74) is 4.07. The van der Waals surface area contributed by atoms with E-state index in [1.54, 1.807) is 0 Å². The molecule has 0 atom stereocenters. The minimum atomic E-state index is 0.134.